The van der Waals surface area contributed by atoms with Gasteiger partial charge in [0.15, 0.2) is 4.90 Å². The third kappa shape index (κ3) is 2.60. The Morgan fingerprint density at radius 2 is 1.67 bits per heavy atom. The van der Waals surface area contributed by atoms with Gasteiger partial charge in [0.25, 0.3) is 5.69 Å². The Morgan fingerprint density at radius 1 is 1.00 bits per heavy atom. The molecule has 0 aliphatic heterocycles. The number of benzene rings is 2. The number of pyridine rings is 1. The lowest BCUT2D eigenvalue weighted by molar-refractivity contribution is -0.386. The third-order valence-electron chi connectivity index (χ3n) is 3.38. The van der Waals surface area contributed by atoms with Gasteiger partial charge in [-0.05, 0) is 36.4 Å². The van der Waals surface area contributed by atoms with Gasteiger partial charge in [-0.1, -0.05) is 29.3 Å². The van der Waals surface area contributed by atoms with Gasteiger partial charge in [0.05, 0.1) is 25.9 Å². The summed E-state index contributed by atoms with van der Waals surface area (Å²) in [6.07, 6.45) is 1.46. The number of hydrogen-bond donors (Lipinski definition) is 0. The van der Waals surface area contributed by atoms with Crippen molar-refractivity contribution in [2.75, 3.05) is 0 Å². The number of aromatic nitrogens is 1. The molecule has 24 heavy (non-hydrogen) atoms. The van der Waals surface area contributed by atoms with Crippen molar-refractivity contribution >= 4 is 49.6 Å². The molecule has 3 aromatic rings. The zero-order valence-electron chi connectivity index (χ0n) is 11.8. The summed E-state index contributed by atoms with van der Waals surface area (Å²) in [5.74, 6) is 0. The molecule has 122 valence electrons. The fourth-order valence-corrected chi connectivity index (χ4v) is 4.93. The molecule has 3 rings (SSSR count). The van der Waals surface area contributed by atoms with Gasteiger partial charge in [0.2, 0.25) is 9.84 Å². The highest BCUT2D eigenvalue weighted by molar-refractivity contribution is 7.92. The van der Waals surface area contributed by atoms with Crippen molar-refractivity contribution in [2.45, 2.75) is 9.79 Å². The normalized spacial score (nSPS) is 11.6. The van der Waals surface area contributed by atoms with Gasteiger partial charge in [0.1, 0.15) is 4.90 Å². The van der Waals surface area contributed by atoms with Crippen LogP contribution in [0.25, 0.3) is 10.9 Å². The highest BCUT2D eigenvalue weighted by Gasteiger charge is 2.32. The fourth-order valence-electron chi connectivity index (χ4n) is 2.37. The van der Waals surface area contributed by atoms with Crippen LogP contribution in [0.5, 0.6) is 0 Å². The predicted octanol–water partition coefficient (Wildman–Crippen LogP) is 4.28. The highest BCUT2D eigenvalue weighted by Crippen LogP contribution is 2.39. The molecule has 0 radical (unpaired) electrons. The first-order chi connectivity index (χ1) is 11.3. The van der Waals surface area contributed by atoms with E-state index in [1.54, 1.807) is 0 Å². The topological polar surface area (TPSA) is 90.2 Å². The van der Waals surface area contributed by atoms with E-state index >= 15 is 0 Å². The zero-order chi connectivity index (χ0) is 17.5. The molecule has 0 aliphatic rings. The van der Waals surface area contributed by atoms with Crippen molar-refractivity contribution in [3.8, 4) is 0 Å². The summed E-state index contributed by atoms with van der Waals surface area (Å²) in [5, 5.41) is 11.4. The Kier molecular flexibility index (Phi) is 4.16. The van der Waals surface area contributed by atoms with E-state index in [9.17, 15) is 18.5 Å². The van der Waals surface area contributed by atoms with Crippen molar-refractivity contribution in [2.24, 2.45) is 0 Å². The number of fused-ring (bicyclic) bond motifs is 1. The molecule has 9 heteroatoms. The average Bonchev–Trinajstić information content (AvgIpc) is 2.53. The molecule has 1 aromatic heterocycles. The SMILES string of the molecule is O=[N+]([O-])c1c(S(=O)(=O)c2c(Cl)cccc2Cl)ccc2ncccc12. The van der Waals surface area contributed by atoms with Crippen LogP contribution in [0, 0.1) is 10.1 Å². The van der Waals surface area contributed by atoms with E-state index in [2.05, 4.69) is 4.98 Å². The predicted molar refractivity (Wildman–Crippen MR) is 90.3 cm³/mol. The second-order valence-electron chi connectivity index (χ2n) is 4.79. The molecule has 0 unspecified atom stereocenters. The van der Waals surface area contributed by atoms with Crippen LogP contribution < -0.4 is 0 Å². The Labute approximate surface area is 146 Å². The Balaban J connectivity index is 2.41. The van der Waals surface area contributed by atoms with Crippen LogP contribution in [-0.4, -0.2) is 18.3 Å². The summed E-state index contributed by atoms with van der Waals surface area (Å²) in [6, 6.07) is 9.68. The number of sulfone groups is 1. The van der Waals surface area contributed by atoms with Crippen LogP contribution in [0.4, 0.5) is 5.69 Å². The van der Waals surface area contributed by atoms with E-state index in [-0.39, 0.29) is 20.3 Å². The molecule has 0 bridgehead atoms. The minimum absolute atomic E-state index is 0.108. The van der Waals surface area contributed by atoms with Gasteiger partial charge in [0, 0.05) is 6.20 Å². The summed E-state index contributed by atoms with van der Waals surface area (Å²) in [5.41, 5.74) is -0.245. The summed E-state index contributed by atoms with van der Waals surface area (Å²) in [7, 11) is -4.30. The molecule has 0 fully saturated rings. The number of rotatable bonds is 3. The fraction of sp³-hybridized carbons (Fsp3) is 0. The smallest absolute Gasteiger partial charge is 0.258 e. The quantitative estimate of drug-likeness (QED) is 0.497. The molecule has 0 atom stereocenters. The first-order valence-corrected chi connectivity index (χ1v) is 8.79. The summed E-state index contributed by atoms with van der Waals surface area (Å²) >= 11 is 11.9. The molecule has 0 spiro atoms. The highest BCUT2D eigenvalue weighted by atomic mass is 35.5. The summed E-state index contributed by atoms with van der Waals surface area (Å²) < 4.78 is 25.9. The minimum atomic E-state index is -4.30. The van der Waals surface area contributed by atoms with Gasteiger partial charge in [-0.15, -0.1) is 0 Å². The maximum absolute atomic E-state index is 13.0. The minimum Gasteiger partial charge on any atom is -0.258 e. The van der Waals surface area contributed by atoms with E-state index in [4.69, 9.17) is 23.2 Å². The van der Waals surface area contributed by atoms with Crippen LogP contribution >= 0.6 is 23.2 Å². The van der Waals surface area contributed by atoms with Crippen molar-refractivity contribution in [1.82, 2.24) is 4.98 Å². The maximum atomic E-state index is 13.0. The molecule has 0 saturated heterocycles. The maximum Gasteiger partial charge on any atom is 0.297 e. The number of halogens is 2. The second kappa shape index (κ2) is 6.01. The largest absolute Gasteiger partial charge is 0.297 e. The number of nitrogens with zero attached hydrogens (tertiary/aromatic N) is 2. The van der Waals surface area contributed by atoms with Crippen molar-refractivity contribution in [1.29, 1.82) is 0 Å². The summed E-state index contributed by atoms with van der Waals surface area (Å²) in [4.78, 5) is 13.9. The van der Waals surface area contributed by atoms with E-state index in [0.29, 0.717) is 5.52 Å². The molecule has 1 heterocycles. The lowest BCUT2D eigenvalue weighted by Crippen LogP contribution is -2.07. The van der Waals surface area contributed by atoms with Gasteiger partial charge >= 0.3 is 0 Å². The molecule has 0 N–H and O–H groups in total. The Hall–Kier alpha value is -2.22. The molecular weight excluding hydrogens is 375 g/mol. The van der Waals surface area contributed by atoms with E-state index in [1.165, 1.54) is 42.6 Å². The van der Waals surface area contributed by atoms with E-state index < -0.39 is 25.3 Å². The molecule has 0 amide bonds. The first-order valence-electron chi connectivity index (χ1n) is 6.55. The molecule has 6 nitrogen and oxygen atoms in total. The van der Waals surface area contributed by atoms with Crippen LogP contribution in [0.3, 0.4) is 0 Å². The number of nitro benzene ring substituents is 1. The van der Waals surface area contributed by atoms with E-state index in [1.807, 2.05) is 0 Å². The van der Waals surface area contributed by atoms with Crippen LogP contribution in [-0.2, 0) is 9.84 Å². The van der Waals surface area contributed by atoms with Gasteiger partial charge in [-0.2, -0.15) is 0 Å². The van der Waals surface area contributed by atoms with Gasteiger partial charge < -0.3 is 0 Å². The second-order valence-corrected chi connectivity index (χ2v) is 7.46. The van der Waals surface area contributed by atoms with Crippen LogP contribution in [0.2, 0.25) is 10.0 Å². The zero-order valence-corrected chi connectivity index (χ0v) is 14.1. The standard InChI is InChI=1S/C15H8Cl2N2O4S/c16-10-4-1-5-11(17)15(10)24(22,23)13-7-6-12-9(3-2-8-18-12)14(13)19(20)21/h1-8H. The van der Waals surface area contributed by atoms with Crippen LogP contribution in [0.1, 0.15) is 0 Å². The molecule has 0 aliphatic carbocycles. The Morgan fingerprint density at radius 3 is 2.29 bits per heavy atom. The third-order valence-corrected chi connectivity index (χ3v) is 6.12. The lowest BCUT2D eigenvalue weighted by Gasteiger charge is -2.10. The first kappa shape index (κ1) is 16.6. The van der Waals surface area contributed by atoms with Crippen LogP contribution in [0.15, 0.2) is 58.5 Å². The van der Waals surface area contributed by atoms with E-state index in [0.717, 1.165) is 6.07 Å². The number of hydrogen-bond acceptors (Lipinski definition) is 5. The molecule has 2 aromatic carbocycles. The average molecular weight is 383 g/mol. The van der Waals surface area contributed by atoms with Crippen molar-refractivity contribution in [3.05, 3.63) is 68.8 Å². The summed E-state index contributed by atoms with van der Waals surface area (Å²) in [6.45, 7) is 0. The number of nitro groups is 1. The Bertz CT molecular complexity index is 1060. The van der Waals surface area contributed by atoms with Crippen molar-refractivity contribution < 1.29 is 13.3 Å². The molecule has 0 saturated carbocycles. The monoisotopic (exact) mass is 382 g/mol. The van der Waals surface area contributed by atoms with Gasteiger partial charge in [-0.3, -0.25) is 15.1 Å². The van der Waals surface area contributed by atoms with Gasteiger partial charge in [-0.25, -0.2) is 8.42 Å². The van der Waals surface area contributed by atoms with Crippen molar-refractivity contribution in [3.63, 3.8) is 0 Å². The lowest BCUT2D eigenvalue weighted by atomic mass is 10.2. The molecular formula is C15H8Cl2N2O4S.